The number of hydrogen-bond acceptors (Lipinski definition) is 4. The Kier molecular flexibility index (Phi) is 4.72. The Bertz CT molecular complexity index is 700. The van der Waals surface area contributed by atoms with Gasteiger partial charge in [0.15, 0.2) is 0 Å². The van der Waals surface area contributed by atoms with E-state index in [4.69, 9.17) is 5.41 Å². The highest BCUT2D eigenvalue weighted by Gasteiger charge is 2.34. The molecule has 1 unspecified atom stereocenters. The molecular formula is C19H24N2O2S. The SMILES string of the molecule is CN1C(=N)CCC[C@](C)(c2cccc(C3CC=C(O)S3)c2)CC1=O. The standard InChI is InChI=1S/C19H24N2O2S/c1-19(10-4-7-16(20)21(2)17(22)12-19)14-6-3-5-13(11-14)15-8-9-18(23)24-15/h3,5-6,9,11,15,20,23H,4,7-8,10,12H2,1-2H3/t15?,19-/m0/s1. The minimum Gasteiger partial charge on any atom is -0.502 e. The predicted octanol–water partition coefficient (Wildman–Crippen LogP) is 4.53. The van der Waals surface area contributed by atoms with Crippen molar-refractivity contribution < 1.29 is 9.90 Å². The molecule has 1 saturated heterocycles. The lowest BCUT2D eigenvalue weighted by molar-refractivity contribution is -0.128. The topological polar surface area (TPSA) is 64.4 Å². The highest BCUT2D eigenvalue weighted by atomic mass is 32.2. The summed E-state index contributed by atoms with van der Waals surface area (Å²) in [6, 6.07) is 8.46. The Hall–Kier alpha value is -1.75. The number of thioether (sulfide) groups is 1. The van der Waals surface area contributed by atoms with E-state index in [1.165, 1.54) is 27.8 Å². The van der Waals surface area contributed by atoms with Gasteiger partial charge in [0, 0.05) is 30.6 Å². The first-order valence-electron chi connectivity index (χ1n) is 8.39. The molecule has 2 atom stereocenters. The molecule has 2 aliphatic heterocycles. The summed E-state index contributed by atoms with van der Waals surface area (Å²) in [5.41, 5.74) is 2.18. The molecule has 4 nitrogen and oxygen atoms in total. The van der Waals surface area contributed by atoms with Crippen molar-refractivity contribution in [3.63, 3.8) is 0 Å². The summed E-state index contributed by atoms with van der Waals surface area (Å²) in [7, 11) is 1.70. The molecule has 128 valence electrons. The number of nitrogens with zero attached hydrogens (tertiary/aromatic N) is 1. The van der Waals surface area contributed by atoms with E-state index in [-0.39, 0.29) is 16.6 Å². The molecule has 0 radical (unpaired) electrons. The summed E-state index contributed by atoms with van der Waals surface area (Å²) in [5, 5.41) is 18.2. The first-order chi connectivity index (χ1) is 11.4. The molecule has 3 rings (SSSR count). The fourth-order valence-electron chi connectivity index (χ4n) is 3.52. The van der Waals surface area contributed by atoms with Crippen LogP contribution in [0.5, 0.6) is 0 Å². The van der Waals surface area contributed by atoms with Crippen molar-refractivity contribution in [3.8, 4) is 0 Å². The Morgan fingerprint density at radius 3 is 2.92 bits per heavy atom. The number of aliphatic hydroxyl groups is 1. The first-order valence-corrected chi connectivity index (χ1v) is 9.27. The van der Waals surface area contributed by atoms with E-state index in [9.17, 15) is 9.90 Å². The van der Waals surface area contributed by atoms with Crippen molar-refractivity contribution in [1.29, 1.82) is 5.41 Å². The van der Waals surface area contributed by atoms with Gasteiger partial charge in [-0.05, 0) is 36.5 Å². The third-order valence-corrected chi connectivity index (χ3v) is 6.34. The highest BCUT2D eigenvalue weighted by molar-refractivity contribution is 8.03. The number of amidine groups is 1. The first kappa shape index (κ1) is 17.1. The number of allylic oxidation sites excluding steroid dienone is 1. The van der Waals surface area contributed by atoms with Gasteiger partial charge in [-0.2, -0.15) is 0 Å². The van der Waals surface area contributed by atoms with Gasteiger partial charge in [-0.1, -0.05) is 43.0 Å². The van der Waals surface area contributed by atoms with Gasteiger partial charge >= 0.3 is 0 Å². The van der Waals surface area contributed by atoms with Crippen molar-refractivity contribution in [2.75, 3.05) is 7.05 Å². The van der Waals surface area contributed by atoms with Crippen LogP contribution in [0.4, 0.5) is 0 Å². The van der Waals surface area contributed by atoms with E-state index >= 15 is 0 Å². The molecule has 1 aromatic carbocycles. The number of nitrogens with one attached hydrogen (secondary N) is 1. The highest BCUT2D eigenvalue weighted by Crippen LogP contribution is 2.44. The van der Waals surface area contributed by atoms with Crippen LogP contribution in [0.1, 0.15) is 55.4 Å². The van der Waals surface area contributed by atoms with E-state index in [0.717, 1.165) is 19.3 Å². The number of benzene rings is 1. The molecule has 0 aliphatic carbocycles. The largest absolute Gasteiger partial charge is 0.502 e. The predicted molar refractivity (Wildman–Crippen MR) is 98.4 cm³/mol. The van der Waals surface area contributed by atoms with Crippen LogP contribution in [-0.2, 0) is 10.2 Å². The number of amides is 1. The molecule has 2 heterocycles. The number of hydrogen-bond donors (Lipinski definition) is 2. The van der Waals surface area contributed by atoms with E-state index < -0.39 is 0 Å². The number of carbonyl (C=O) groups excluding carboxylic acids is 1. The summed E-state index contributed by atoms with van der Waals surface area (Å²) < 4.78 is 0. The normalized spacial score (nSPS) is 28.5. The minimum atomic E-state index is -0.208. The van der Waals surface area contributed by atoms with Gasteiger partial charge in [0.1, 0.15) is 10.9 Å². The molecule has 2 N–H and O–H groups in total. The van der Waals surface area contributed by atoms with Gasteiger partial charge in [0.25, 0.3) is 0 Å². The molecule has 1 aromatic rings. The zero-order valence-electron chi connectivity index (χ0n) is 14.2. The molecule has 0 saturated carbocycles. The number of carbonyl (C=O) groups is 1. The van der Waals surface area contributed by atoms with Gasteiger partial charge in [-0.3, -0.25) is 10.2 Å². The summed E-state index contributed by atoms with van der Waals surface area (Å²) in [4.78, 5) is 14.0. The van der Waals surface area contributed by atoms with Crippen LogP contribution in [0, 0.1) is 5.41 Å². The zero-order chi connectivity index (χ0) is 17.3. The summed E-state index contributed by atoms with van der Waals surface area (Å²) in [5.74, 6) is 0.432. The molecule has 0 bridgehead atoms. The maximum Gasteiger partial charge on any atom is 0.228 e. The molecular weight excluding hydrogens is 320 g/mol. The minimum absolute atomic E-state index is 0.0159. The second kappa shape index (κ2) is 6.63. The number of likely N-dealkylation sites (tertiary alicyclic amines) is 1. The lowest BCUT2D eigenvalue weighted by Gasteiger charge is -2.34. The number of aliphatic hydroxyl groups excluding tert-OH is 1. The smallest absolute Gasteiger partial charge is 0.228 e. The van der Waals surface area contributed by atoms with E-state index in [1.54, 1.807) is 7.05 Å². The third kappa shape index (κ3) is 3.36. The van der Waals surface area contributed by atoms with Crippen molar-refractivity contribution >= 4 is 23.5 Å². The maximum atomic E-state index is 12.5. The molecule has 24 heavy (non-hydrogen) atoms. The van der Waals surface area contributed by atoms with Gasteiger partial charge < -0.3 is 10.0 Å². The van der Waals surface area contributed by atoms with E-state index in [1.807, 2.05) is 6.08 Å². The van der Waals surface area contributed by atoms with Crippen molar-refractivity contribution in [2.24, 2.45) is 0 Å². The maximum absolute atomic E-state index is 12.5. The van der Waals surface area contributed by atoms with Crippen LogP contribution in [0.2, 0.25) is 0 Å². The van der Waals surface area contributed by atoms with Crippen LogP contribution < -0.4 is 0 Å². The Balaban J connectivity index is 1.86. The van der Waals surface area contributed by atoms with Crippen molar-refractivity contribution in [2.45, 2.75) is 49.7 Å². The van der Waals surface area contributed by atoms with Gasteiger partial charge in [0.2, 0.25) is 5.91 Å². The second-order valence-corrected chi connectivity index (χ2v) is 8.22. The van der Waals surface area contributed by atoms with Crippen molar-refractivity contribution in [1.82, 2.24) is 4.90 Å². The summed E-state index contributed by atoms with van der Waals surface area (Å²) in [6.07, 6.45) is 5.60. The fourth-order valence-corrected chi connectivity index (χ4v) is 4.48. The van der Waals surface area contributed by atoms with Crippen LogP contribution in [0.25, 0.3) is 0 Å². The molecule has 5 heteroatoms. The lowest BCUT2D eigenvalue weighted by atomic mass is 9.74. The quantitative estimate of drug-likeness (QED) is 0.828. The molecule has 1 amide bonds. The van der Waals surface area contributed by atoms with E-state index in [0.29, 0.717) is 23.8 Å². The van der Waals surface area contributed by atoms with Crippen LogP contribution >= 0.6 is 11.8 Å². The van der Waals surface area contributed by atoms with Gasteiger partial charge in [-0.15, -0.1) is 0 Å². The average Bonchev–Trinajstić information content (AvgIpc) is 3.00. The number of rotatable bonds is 2. The van der Waals surface area contributed by atoms with Gasteiger partial charge in [-0.25, -0.2) is 0 Å². The molecule has 1 fully saturated rings. The van der Waals surface area contributed by atoms with Crippen LogP contribution in [0.15, 0.2) is 35.4 Å². The second-order valence-electron chi connectivity index (χ2n) is 7.00. The average molecular weight is 344 g/mol. The van der Waals surface area contributed by atoms with Gasteiger partial charge in [0.05, 0.1) is 0 Å². The Morgan fingerprint density at radius 1 is 1.42 bits per heavy atom. The molecule has 2 aliphatic rings. The fraction of sp³-hybridized carbons (Fsp3) is 0.474. The Morgan fingerprint density at radius 2 is 2.21 bits per heavy atom. The van der Waals surface area contributed by atoms with E-state index in [2.05, 4.69) is 31.2 Å². The monoisotopic (exact) mass is 344 g/mol. The third-order valence-electron chi connectivity index (χ3n) is 5.19. The van der Waals surface area contributed by atoms with Crippen LogP contribution in [0.3, 0.4) is 0 Å². The molecule has 0 aromatic heterocycles. The van der Waals surface area contributed by atoms with Crippen molar-refractivity contribution in [3.05, 3.63) is 46.6 Å². The van der Waals surface area contributed by atoms with Crippen LogP contribution in [-0.4, -0.2) is 28.8 Å². The summed E-state index contributed by atoms with van der Waals surface area (Å²) in [6.45, 7) is 2.16. The lowest BCUT2D eigenvalue weighted by Crippen LogP contribution is -2.40. The molecule has 0 spiro atoms. The zero-order valence-corrected chi connectivity index (χ0v) is 15.0. The Labute approximate surface area is 147 Å². The summed E-state index contributed by atoms with van der Waals surface area (Å²) >= 11 is 1.49.